The molecule has 1 aliphatic carbocycles. The summed E-state index contributed by atoms with van der Waals surface area (Å²) in [7, 11) is 0. The summed E-state index contributed by atoms with van der Waals surface area (Å²) >= 11 is 0. The van der Waals surface area contributed by atoms with Gasteiger partial charge >= 0.3 is 0 Å². The van der Waals surface area contributed by atoms with Crippen LogP contribution >= 0.6 is 0 Å². The maximum absolute atomic E-state index is 12.2. The van der Waals surface area contributed by atoms with E-state index in [-0.39, 0.29) is 18.1 Å². The van der Waals surface area contributed by atoms with Crippen LogP contribution in [0.4, 0.5) is 5.82 Å². The monoisotopic (exact) mass is 468 g/mol. The van der Waals surface area contributed by atoms with E-state index < -0.39 is 6.10 Å². The molecule has 2 aliphatic rings. The van der Waals surface area contributed by atoms with Crippen molar-refractivity contribution in [2.45, 2.75) is 44.9 Å². The third-order valence-electron chi connectivity index (χ3n) is 6.92. The zero-order valence-corrected chi connectivity index (χ0v) is 19.9. The van der Waals surface area contributed by atoms with Crippen LogP contribution in [-0.4, -0.2) is 44.6 Å². The van der Waals surface area contributed by atoms with Gasteiger partial charge in [0.05, 0.1) is 6.33 Å². The molecule has 2 N–H and O–H groups in total. The van der Waals surface area contributed by atoms with Crippen molar-refractivity contribution in [3.63, 3.8) is 0 Å². The number of hydrogen-bond acceptors (Lipinski definition) is 6. The van der Waals surface area contributed by atoms with Gasteiger partial charge in [-0.15, -0.1) is 0 Å². The average molecular weight is 469 g/mol. The molecule has 8 nitrogen and oxygen atoms in total. The van der Waals surface area contributed by atoms with Crippen LogP contribution < -0.4 is 10.6 Å². The first kappa shape index (κ1) is 21.7. The van der Waals surface area contributed by atoms with Crippen molar-refractivity contribution >= 4 is 22.9 Å². The van der Waals surface area contributed by atoms with E-state index in [4.69, 9.17) is 4.74 Å². The van der Waals surface area contributed by atoms with Crippen molar-refractivity contribution in [3.8, 4) is 11.1 Å². The Hall–Kier alpha value is -3.78. The van der Waals surface area contributed by atoms with Gasteiger partial charge in [0.25, 0.3) is 0 Å². The quantitative estimate of drug-likeness (QED) is 0.441. The standard InChI is InChI=1S/C27H28N6O2/c1-3-28-27(34)22-12-13-23(35-22)33-15-30-24-25(31-16(2)32-26(24)33)29-14-21-19-10-6-4-8-17(19)18-9-5-7-11-20(18)21/h4-11,15,21-23H,3,12-14H2,1-2H3,(H,28,34)(H,29,31,32). The molecule has 8 heteroatoms. The molecule has 1 aliphatic heterocycles. The topological polar surface area (TPSA) is 94.0 Å². The van der Waals surface area contributed by atoms with Crippen LogP contribution in [0.2, 0.25) is 0 Å². The summed E-state index contributed by atoms with van der Waals surface area (Å²) in [6.07, 6.45) is 2.43. The third kappa shape index (κ3) is 3.74. The number of likely N-dealkylation sites (N-methyl/N-ethyl adjacent to an activating group) is 1. The lowest BCUT2D eigenvalue weighted by Gasteiger charge is -2.17. The minimum Gasteiger partial charge on any atom is -0.367 e. The van der Waals surface area contributed by atoms with E-state index >= 15 is 0 Å². The fraction of sp³-hybridized carbons (Fsp3) is 0.333. The van der Waals surface area contributed by atoms with Gasteiger partial charge in [-0.25, -0.2) is 15.0 Å². The molecule has 1 saturated heterocycles. The molecule has 1 fully saturated rings. The zero-order chi connectivity index (χ0) is 23.9. The van der Waals surface area contributed by atoms with Crippen LogP contribution in [0.1, 0.15) is 48.9 Å². The van der Waals surface area contributed by atoms with Crippen molar-refractivity contribution in [2.75, 3.05) is 18.4 Å². The van der Waals surface area contributed by atoms with E-state index in [1.165, 1.54) is 22.3 Å². The highest BCUT2D eigenvalue weighted by atomic mass is 16.5. The number of carbonyl (C=O) groups excluding carboxylic acids is 1. The van der Waals surface area contributed by atoms with E-state index in [0.29, 0.717) is 42.3 Å². The van der Waals surface area contributed by atoms with Gasteiger partial charge in [-0.1, -0.05) is 48.5 Å². The number of rotatable bonds is 6. The molecule has 0 bridgehead atoms. The fourth-order valence-electron chi connectivity index (χ4n) is 5.34. The Morgan fingerprint density at radius 3 is 2.49 bits per heavy atom. The Kier molecular flexibility index (Phi) is 5.45. The van der Waals surface area contributed by atoms with Gasteiger partial charge < -0.3 is 15.4 Å². The van der Waals surface area contributed by atoms with E-state index in [9.17, 15) is 4.79 Å². The highest BCUT2D eigenvalue weighted by Gasteiger charge is 2.33. The lowest BCUT2D eigenvalue weighted by atomic mass is 9.97. The second kappa shape index (κ2) is 8.78. The summed E-state index contributed by atoms with van der Waals surface area (Å²) in [6.45, 7) is 5.08. The van der Waals surface area contributed by atoms with Gasteiger partial charge in [-0.05, 0) is 48.9 Å². The number of amides is 1. The number of aryl methyl sites for hydroxylation is 1. The molecule has 6 rings (SSSR count). The van der Waals surface area contributed by atoms with Crippen molar-refractivity contribution in [1.82, 2.24) is 24.8 Å². The van der Waals surface area contributed by atoms with Crippen LogP contribution in [0.3, 0.4) is 0 Å². The number of fused-ring (bicyclic) bond motifs is 4. The van der Waals surface area contributed by atoms with E-state index in [0.717, 1.165) is 6.42 Å². The first-order valence-electron chi connectivity index (χ1n) is 12.2. The molecule has 2 aromatic carbocycles. The maximum Gasteiger partial charge on any atom is 0.249 e. The average Bonchev–Trinajstić information content (AvgIpc) is 3.59. The number of ether oxygens (including phenoxy) is 1. The third-order valence-corrected chi connectivity index (χ3v) is 6.92. The number of hydrogen-bond donors (Lipinski definition) is 2. The van der Waals surface area contributed by atoms with E-state index in [2.05, 4.69) is 74.1 Å². The summed E-state index contributed by atoms with van der Waals surface area (Å²) in [5.41, 5.74) is 6.66. The van der Waals surface area contributed by atoms with Gasteiger partial charge in [-0.2, -0.15) is 0 Å². The molecule has 3 heterocycles. The van der Waals surface area contributed by atoms with Crippen LogP contribution in [-0.2, 0) is 9.53 Å². The first-order valence-corrected chi connectivity index (χ1v) is 12.2. The lowest BCUT2D eigenvalue weighted by molar-refractivity contribution is -0.133. The number of imidazole rings is 1. The van der Waals surface area contributed by atoms with Crippen LogP contribution in [0.25, 0.3) is 22.3 Å². The Balaban J connectivity index is 1.27. The van der Waals surface area contributed by atoms with Crippen molar-refractivity contribution < 1.29 is 9.53 Å². The molecular weight excluding hydrogens is 440 g/mol. The SMILES string of the molecule is CCNC(=O)C1CCC(n2cnc3c(NCC4c5ccccc5-c5ccccc54)nc(C)nc32)O1. The molecule has 4 aromatic rings. The summed E-state index contributed by atoms with van der Waals surface area (Å²) in [6, 6.07) is 17.2. The molecule has 0 saturated carbocycles. The smallest absolute Gasteiger partial charge is 0.249 e. The largest absolute Gasteiger partial charge is 0.367 e. The Bertz CT molecular complexity index is 1370. The minimum absolute atomic E-state index is 0.0651. The minimum atomic E-state index is -0.444. The number of anilines is 1. The lowest BCUT2D eigenvalue weighted by Crippen LogP contribution is -2.34. The van der Waals surface area contributed by atoms with Crippen LogP contribution in [0, 0.1) is 6.92 Å². The Labute approximate surface area is 203 Å². The predicted octanol–water partition coefficient (Wildman–Crippen LogP) is 4.17. The van der Waals surface area contributed by atoms with E-state index in [1.54, 1.807) is 6.33 Å². The van der Waals surface area contributed by atoms with E-state index in [1.807, 2.05) is 18.4 Å². The van der Waals surface area contributed by atoms with Gasteiger partial charge in [0.15, 0.2) is 17.0 Å². The summed E-state index contributed by atoms with van der Waals surface area (Å²) in [4.78, 5) is 26.2. The molecule has 2 aromatic heterocycles. The molecule has 35 heavy (non-hydrogen) atoms. The van der Waals surface area contributed by atoms with Crippen LogP contribution in [0.5, 0.6) is 0 Å². The fourth-order valence-corrected chi connectivity index (χ4v) is 5.34. The summed E-state index contributed by atoms with van der Waals surface area (Å²) < 4.78 is 7.98. The molecule has 178 valence electrons. The van der Waals surface area contributed by atoms with Gasteiger partial charge in [-0.3, -0.25) is 9.36 Å². The number of benzene rings is 2. The number of nitrogens with zero attached hydrogens (tertiary/aromatic N) is 4. The normalized spacial score (nSPS) is 19.0. The van der Waals surface area contributed by atoms with Gasteiger partial charge in [0.2, 0.25) is 5.91 Å². The Morgan fingerprint density at radius 1 is 1.06 bits per heavy atom. The predicted molar refractivity (Wildman–Crippen MR) is 134 cm³/mol. The molecule has 0 radical (unpaired) electrons. The number of carbonyl (C=O) groups is 1. The highest BCUT2D eigenvalue weighted by molar-refractivity contribution is 5.84. The summed E-state index contributed by atoms with van der Waals surface area (Å²) in [5, 5.41) is 6.41. The number of nitrogens with one attached hydrogen (secondary N) is 2. The highest BCUT2D eigenvalue weighted by Crippen LogP contribution is 2.44. The Morgan fingerprint density at radius 2 is 1.77 bits per heavy atom. The molecular formula is C27H28N6O2. The molecule has 2 unspecified atom stereocenters. The van der Waals surface area contributed by atoms with Gasteiger partial charge in [0, 0.05) is 19.0 Å². The van der Waals surface area contributed by atoms with Crippen LogP contribution in [0.15, 0.2) is 54.9 Å². The van der Waals surface area contributed by atoms with Crippen molar-refractivity contribution in [2.24, 2.45) is 0 Å². The molecule has 2 atom stereocenters. The van der Waals surface area contributed by atoms with Gasteiger partial charge in [0.1, 0.15) is 18.2 Å². The summed E-state index contributed by atoms with van der Waals surface area (Å²) in [5.74, 6) is 1.54. The maximum atomic E-state index is 12.2. The second-order valence-corrected chi connectivity index (χ2v) is 9.10. The van der Waals surface area contributed by atoms with Crippen molar-refractivity contribution in [3.05, 3.63) is 71.8 Å². The zero-order valence-electron chi connectivity index (χ0n) is 19.9. The molecule has 0 spiro atoms. The van der Waals surface area contributed by atoms with Crippen molar-refractivity contribution in [1.29, 1.82) is 0 Å². The first-order chi connectivity index (χ1) is 17.1. The second-order valence-electron chi connectivity index (χ2n) is 9.10. The number of aromatic nitrogens is 4. The molecule has 1 amide bonds.